The van der Waals surface area contributed by atoms with Gasteiger partial charge in [0.1, 0.15) is 23.3 Å². The molecule has 68 heavy (non-hydrogen) atoms. The van der Waals surface area contributed by atoms with Crippen molar-refractivity contribution in [2.24, 2.45) is 0 Å². The first kappa shape index (κ1) is 46.3. The van der Waals surface area contributed by atoms with Crippen LogP contribution in [0.15, 0.2) is 102 Å². The van der Waals surface area contributed by atoms with Crippen LogP contribution in [0.4, 0.5) is 51.9 Å². The van der Waals surface area contributed by atoms with Gasteiger partial charge in [-0.2, -0.15) is 0 Å². The number of halogens is 5. The number of morpholine rings is 2. The van der Waals surface area contributed by atoms with Crippen molar-refractivity contribution in [2.75, 3.05) is 73.0 Å². The van der Waals surface area contributed by atoms with Crippen molar-refractivity contribution in [2.45, 2.75) is 13.8 Å². The predicted octanol–water partition coefficient (Wildman–Crippen LogP) is 8.16. The summed E-state index contributed by atoms with van der Waals surface area (Å²) in [6, 6.07) is 18.3. The zero-order valence-electron chi connectivity index (χ0n) is 36.7. The molecule has 2 fully saturated rings. The second-order valence-electron chi connectivity index (χ2n) is 15.9. The summed E-state index contributed by atoms with van der Waals surface area (Å²) in [6.07, 6.45) is 6.39. The fourth-order valence-corrected chi connectivity index (χ4v) is 8.51. The van der Waals surface area contributed by atoms with Crippen LogP contribution in [0.3, 0.4) is 0 Å². The molecule has 0 radical (unpaired) electrons. The van der Waals surface area contributed by atoms with Gasteiger partial charge >= 0.3 is 7.12 Å². The van der Waals surface area contributed by atoms with Crippen molar-refractivity contribution < 1.29 is 37.1 Å². The summed E-state index contributed by atoms with van der Waals surface area (Å²) in [5.74, 6) is -1.62. The van der Waals surface area contributed by atoms with E-state index in [9.17, 15) is 18.8 Å². The van der Waals surface area contributed by atoms with Crippen LogP contribution in [0.1, 0.15) is 11.1 Å². The molecule has 10 rings (SSSR count). The standard InChI is InChI=1S/C24H22BF2N5O3.C24H20BrF2N5O/c1-14-22(18-4-2-3-5-28-18)30-19-12-16(26)11-17(27)21(19)23(14)31-20-10-15(25(33)34)13-29-24(20)32-6-8-35-9-7-32;1-14-22(18-4-2-3-5-28-18)30-19-12-16(26)11-17(27)21(19)23(14)31-20-10-15(25)13-29-24(20)32-6-8-33-9-7-32/h2-5,10-13,33-34H,6-9H2,1H3,(H,30,31);2-5,10-13H,6-9H2,1H3,(H,30,31). The Labute approximate surface area is 396 Å². The largest absolute Gasteiger partial charge is 0.490 e. The summed E-state index contributed by atoms with van der Waals surface area (Å²) in [4.78, 5) is 31.0. The summed E-state index contributed by atoms with van der Waals surface area (Å²) >= 11 is 3.49. The van der Waals surface area contributed by atoms with E-state index in [2.05, 4.69) is 61.4 Å². The minimum absolute atomic E-state index is 0.103. The number of hydrogen-bond donors (Lipinski definition) is 4. The van der Waals surface area contributed by atoms with Gasteiger partial charge in [0.25, 0.3) is 0 Å². The fourth-order valence-electron chi connectivity index (χ4n) is 8.18. The summed E-state index contributed by atoms with van der Waals surface area (Å²) in [5, 5.41) is 26.4. The first-order valence-corrected chi connectivity index (χ1v) is 22.4. The van der Waals surface area contributed by atoms with Crippen LogP contribution in [0.2, 0.25) is 0 Å². The van der Waals surface area contributed by atoms with Gasteiger partial charge in [0.2, 0.25) is 0 Å². The third kappa shape index (κ3) is 9.77. The first-order chi connectivity index (χ1) is 32.9. The lowest BCUT2D eigenvalue weighted by atomic mass is 9.81. The summed E-state index contributed by atoms with van der Waals surface area (Å²) in [5.41, 5.74) is 5.92. The second kappa shape index (κ2) is 20.2. The molecule has 0 saturated carbocycles. The average molecular weight is 990 g/mol. The van der Waals surface area contributed by atoms with E-state index in [0.717, 1.165) is 22.4 Å². The van der Waals surface area contributed by atoms with Crippen LogP contribution in [0, 0.1) is 37.1 Å². The quantitative estimate of drug-likeness (QED) is 0.0808. The maximum absolute atomic E-state index is 15.1. The molecule has 346 valence electrons. The summed E-state index contributed by atoms with van der Waals surface area (Å²) in [6.45, 7) is 8.40. The zero-order valence-corrected chi connectivity index (χ0v) is 38.2. The molecule has 0 atom stereocenters. The summed E-state index contributed by atoms with van der Waals surface area (Å²) < 4.78 is 70.1. The van der Waals surface area contributed by atoms with E-state index in [1.54, 1.807) is 55.8 Å². The van der Waals surface area contributed by atoms with Crippen LogP contribution in [0.5, 0.6) is 0 Å². The Balaban J connectivity index is 0.000000170. The number of nitrogens with one attached hydrogen (secondary N) is 2. The number of ether oxygens (including phenoxy) is 2. The van der Waals surface area contributed by atoms with Gasteiger partial charge in [0.05, 0.1) is 93.8 Å². The van der Waals surface area contributed by atoms with Crippen molar-refractivity contribution in [3.05, 3.63) is 136 Å². The van der Waals surface area contributed by atoms with Gasteiger partial charge in [-0.25, -0.2) is 37.5 Å². The lowest BCUT2D eigenvalue weighted by Gasteiger charge is -2.30. The van der Waals surface area contributed by atoms with E-state index in [-0.39, 0.29) is 27.3 Å². The van der Waals surface area contributed by atoms with Gasteiger partial charge in [-0.3, -0.25) is 9.97 Å². The van der Waals surface area contributed by atoms with E-state index >= 15 is 8.78 Å². The molecule has 0 bridgehead atoms. The smallest absolute Gasteiger partial charge is 0.423 e. The van der Waals surface area contributed by atoms with Crippen LogP contribution >= 0.6 is 15.9 Å². The van der Waals surface area contributed by atoms with E-state index in [0.29, 0.717) is 115 Å². The van der Waals surface area contributed by atoms with Gasteiger partial charge in [0.15, 0.2) is 11.6 Å². The van der Waals surface area contributed by atoms with Crippen molar-refractivity contribution in [1.29, 1.82) is 0 Å². The van der Waals surface area contributed by atoms with Gasteiger partial charge < -0.3 is 40.0 Å². The highest BCUT2D eigenvalue weighted by Crippen LogP contribution is 2.40. The number of nitrogens with zero attached hydrogens (tertiary/aromatic N) is 8. The Hall–Kier alpha value is -6.84. The number of hydrogen-bond acceptors (Lipinski definition) is 14. The molecule has 6 aromatic heterocycles. The Kier molecular flexibility index (Phi) is 13.7. The number of benzene rings is 2. The van der Waals surface area contributed by atoms with E-state index < -0.39 is 30.4 Å². The van der Waals surface area contributed by atoms with Crippen LogP contribution < -0.4 is 25.9 Å². The lowest BCUT2D eigenvalue weighted by molar-refractivity contribution is 0.122. The molecule has 0 amide bonds. The maximum atomic E-state index is 15.1. The maximum Gasteiger partial charge on any atom is 0.490 e. The molecule has 8 aromatic rings. The van der Waals surface area contributed by atoms with Crippen LogP contribution in [-0.4, -0.2) is 99.7 Å². The highest BCUT2D eigenvalue weighted by Gasteiger charge is 2.25. The molecule has 0 spiro atoms. The average Bonchev–Trinajstić information content (AvgIpc) is 3.34. The van der Waals surface area contributed by atoms with Gasteiger partial charge in [-0.15, -0.1) is 0 Å². The molecular weight excluding hydrogens is 947 g/mol. The lowest BCUT2D eigenvalue weighted by Crippen LogP contribution is -2.38. The molecule has 0 aliphatic carbocycles. The van der Waals surface area contributed by atoms with Crippen molar-refractivity contribution in [3.63, 3.8) is 0 Å². The number of pyridine rings is 6. The Morgan fingerprint density at radius 2 is 1.06 bits per heavy atom. The normalized spacial score (nSPS) is 13.9. The predicted molar refractivity (Wildman–Crippen MR) is 258 cm³/mol. The van der Waals surface area contributed by atoms with Gasteiger partial charge in [-0.05, 0) is 66.2 Å². The molecule has 4 N–H and O–H groups in total. The van der Waals surface area contributed by atoms with Crippen molar-refractivity contribution in [3.8, 4) is 22.8 Å². The Morgan fingerprint density at radius 1 is 0.603 bits per heavy atom. The minimum Gasteiger partial charge on any atom is -0.423 e. The topological polar surface area (TPSA) is 167 Å². The monoisotopic (exact) mass is 988 g/mol. The molecular formula is C48H42BBrF4N10O4. The second-order valence-corrected chi connectivity index (χ2v) is 16.8. The molecule has 8 heterocycles. The highest BCUT2D eigenvalue weighted by molar-refractivity contribution is 9.10. The van der Waals surface area contributed by atoms with Gasteiger partial charge in [0, 0.05) is 96.3 Å². The van der Waals surface area contributed by atoms with E-state index in [1.807, 2.05) is 30.0 Å². The number of anilines is 6. The zero-order chi connectivity index (χ0) is 47.5. The molecule has 20 heteroatoms. The van der Waals surface area contributed by atoms with Crippen molar-refractivity contribution >= 4 is 84.7 Å². The van der Waals surface area contributed by atoms with Crippen LogP contribution in [-0.2, 0) is 9.47 Å². The van der Waals surface area contributed by atoms with E-state index in [4.69, 9.17) is 9.47 Å². The third-order valence-electron chi connectivity index (χ3n) is 11.5. The molecule has 0 unspecified atom stereocenters. The highest BCUT2D eigenvalue weighted by atomic mass is 79.9. The number of rotatable bonds is 9. The molecule has 2 aromatic carbocycles. The van der Waals surface area contributed by atoms with Crippen LogP contribution in [0.25, 0.3) is 44.6 Å². The Bertz CT molecular complexity index is 3140. The van der Waals surface area contributed by atoms with Gasteiger partial charge in [-0.1, -0.05) is 12.1 Å². The first-order valence-electron chi connectivity index (χ1n) is 21.6. The summed E-state index contributed by atoms with van der Waals surface area (Å²) in [7, 11) is -1.74. The SMILES string of the molecule is Cc1c(-c2ccccn2)nc2cc(F)cc(F)c2c1Nc1cc(B(O)O)cnc1N1CCOCC1.Cc1c(-c2ccccn2)nc2cc(F)cc(F)c2c1Nc1cc(Br)cnc1N1CCOCC1. The molecule has 14 nitrogen and oxygen atoms in total. The molecule has 2 saturated heterocycles. The van der Waals surface area contributed by atoms with Crippen molar-refractivity contribution in [1.82, 2.24) is 29.9 Å². The molecule has 2 aliphatic rings. The minimum atomic E-state index is -1.74. The number of fused-ring (bicyclic) bond motifs is 2. The molecule has 2 aliphatic heterocycles. The third-order valence-corrected chi connectivity index (χ3v) is 11.9. The Morgan fingerprint density at radius 3 is 1.50 bits per heavy atom. The van der Waals surface area contributed by atoms with E-state index in [1.165, 1.54) is 18.3 Å². The number of aromatic nitrogens is 6. The fraction of sp³-hybridized carbons (Fsp3) is 0.208.